The molecule has 4 saturated carbocycles. The highest BCUT2D eigenvalue weighted by atomic mass is 16.8. The van der Waals surface area contributed by atoms with Gasteiger partial charge in [0, 0.05) is 0 Å². The predicted octanol–water partition coefficient (Wildman–Crippen LogP) is 0.970. The summed E-state index contributed by atoms with van der Waals surface area (Å²) in [5.74, 6) is -0.233. The first-order valence-corrected chi connectivity index (χ1v) is 20.8. The van der Waals surface area contributed by atoms with Crippen LogP contribution < -0.4 is 0 Å². The third kappa shape index (κ3) is 6.50. The topological polar surface area (TPSA) is 228 Å². The van der Waals surface area contributed by atoms with E-state index in [-0.39, 0.29) is 41.8 Å². The van der Waals surface area contributed by atoms with Gasteiger partial charge in [0.2, 0.25) is 0 Å². The molecule has 14 heteroatoms. The molecule has 0 amide bonds. The molecule has 318 valence electrons. The monoisotopic (exact) mass is 786 g/mol. The lowest BCUT2D eigenvalue weighted by atomic mass is 9.34. The Morgan fingerprint density at radius 2 is 1.44 bits per heavy atom. The zero-order valence-electron chi connectivity index (χ0n) is 34.0. The van der Waals surface area contributed by atoms with Gasteiger partial charge in [-0.3, -0.25) is 0 Å². The molecule has 55 heavy (non-hydrogen) atoms. The summed E-state index contributed by atoms with van der Waals surface area (Å²) in [5, 5.41) is 98.7. The minimum absolute atomic E-state index is 0.0590. The summed E-state index contributed by atoms with van der Waals surface area (Å²) >= 11 is 0. The maximum Gasteiger partial charge on any atom is 0.187 e. The SMILES string of the molecule is CC(C)(O)[C@@H]1CC[C@@](C)([C@H]2CC[C@]3(C)[C@@H]2[C@H](O)C[C@@H]2[C@@]4(C)CC[C@H](O)C(C)(C)[C@@H]4[C@@H](O[C@@H]4O[C@H](CO)[C@@H](O)[C@H](O)[C@H]4O[C@@H]4OC[C@@H](O)[C@H](O)C4O)C[C@]23C)O1. The lowest BCUT2D eigenvalue weighted by Crippen LogP contribution is -2.71. The minimum Gasteiger partial charge on any atom is -0.394 e. The Hall–Kier alpha value is -0.560. The zero-order valence-corrected chi connectivity index (χ0v) is 34.0. The van der Waals surface area contributed by atoms with Gasteiger partial charge in [-0.25, -0.2) is 0 Å². The third-order valence-corrected chi connectivity index (χ3v) is 17.0. The summed E-state index contributed by atoms with van der Waals surface area (Å²) in [7, 11) is 0. The number of fused-ring (bicyclic) bond motifs is 5. The molecule has 7 fully saturated rings. The Kier molecular flexibility index (Phi) is 11.1. The number of aliphatic hydroxyl groups excluding tert-OH is 8. The maximum atomic E-state index is 12.4. The molecule has 21 atom stereocenters. The largest absolute Gasteiger partial charge is 0.394 e. The van der Waals surface area contributed by atoms with Crippen molar-refractivity contribution in [3.05, 3.63) is 0 Å². The van der Waals surface area contributed by atoms with Gasteiger partial charge in [-0.15, -0.1) is 0 Å². The maximum absolute atomic E-state index is 12.4. The van der Waals surface area contributed by atoms with Crippen LogP contribution >= 0.6 is 0 Å². The fourth-order valence-corrected chi connectivity index (χ4v) is 13.9. The normalized spacial score (nSPS) is 56.8. The average molecular weight is 787 g/mol. The fourth-order valence-electron chi connectivity index (χ4n) is 13.9. The standard InChI is InChI=1S/C41H70O14/c1-36(2)25(45)10-12-38(5)24-15-20(43)27-19(41(8)14-11-26(55-41)37(3,4)50)9-13-39(27,6)40(24,7)16-22(33(36)38)52-35-32(30(48)29(47)23(17-42)53-35)54-34-31(49)28(46)21(44)18-51-34/h19-35,42-50H,9-18H2,1-8H3/t19-,20+,21+,22-,23+,24+,25-,26-,27-,28-,29+,30-,31?,32+,33-,34-,35+,38+,39+,40+,41-/m0/s1. The molecule has 3 saturated heterocycles. The smallest absolute Gasteiger partial charge is 0.187 e. The van der Waals surface area contributed by atoms with Crippen molar-refractivity contribution in [2.45, 2.75) is 198 Å². The summed E-state index contributed by atoms with van der Waals surface area (Å²) in [4.78, 5) is 0. The van der Waals surface area contributed by atoms with Crippen molar-refractivity contribution in [2.75, 3.05) is 13.2 Å². The third-order valence-electron chi connectivity index (χ3n) is 17.0. The summed E-state index contributed by atoms with van der Waals surface area (Å²) in [5.41, 5.74) is -3.33. The van der Waals surface area contributed by atoms with Gasteiger partial charge in [0.05, 0.1) is 48.8 Å². The summed E-state index contributed by atoms with van der Waals surface area (Å²) < 4.78 is 31.6. The van der Waals surface area contributed by atoms with Crippen LogP contribution in [-0.4, -0.2) is 150 Å². The van der Waals surface area contributed by atoms with Crippen LogP contribution in [0.3, 0.4) is 0 Å². The van der Waals surface area contributed by atoms with Gasteiger partial charge in [0.15, 0.2) is 12.6 Å². The molecule has 0 spiro atoms. The van der Waals surface area contributed by atoms with E-state index in [1.54, 1.807) is 13.8 Å². The molecule has 7 aliphatic rings. The van der Waals surface area contributed by atoms with Crippen molar-refractivity contribution in [3.63, 3.8) is 0 Å². The van der Waals surface area contributed by atoms with E-state index in [4.69, 9.17) is 23.7 Å². The van der Waals surface area contributed by atoms with Crippen molar-refractivity contribution in [3.8, 4) is 0 Å². The molecule has 1 unspecified atom stereocenters. The average Bonchev–Trinajstić information content (AvgIpc) is 3.70. The number of ether oxygens (including phenoxy) is 5. The summed E-state index contributed by atoms with van der Waals surface area (Å²) in [6.45, 7) is 15.8. The highest BCUT2D eigenvalue weighted by Gasteiger charge is 2.74. The van der Waals surface area contributed by atoms with Gasteiger partial charge in [-0.1, -0.05) is 34.6 Å². The van der Waals surface area contributed by atoms with Crippen LogP contribution in [0.2, 0.25) is 0 Å². The highest BCUT2D eigenvalue weighted by molar-refractivity contribution is 5.22. The molecular weight excluding hydrogens is 716 g/mol. The van der Waals surface area contributed by atoms with Crippen LogP contribution in [0, 0.1) is 45.3 Å². The lowest BCUT2D eigenvalue weighted by molar-refractivity contribution is -0.377. The highest BCUT2D eigenvalue weighted by Crippen LogP contribution is 2.76. The van der Waals surface area contributed by atoms with E-state index in [0.29, 0.717) is 25.7 Å². The second-order valence-corrected chi connectivity index (χ2v) is 20.8. The second-order valence-electron chi connectivity index (χ2n) is 20.8. The van der Waals surface area contributed by atoms with Crippen molar-refractivity contribution in [1.29, 1.82) is 0 Å². The Morgan fingerprint density at radius 1 is 0.745 bits per heavy atom. The van der Waals surface area contributed by atoms with Crippen molar-refractivity contribution >= 4 is 0 Å². The van der Waals surface area contributed by atoms with Crippen LogP contribution in [0.1, 0.15) is 107 Å². The number of hydrogen-bond donors (Lipinski definition) is 9. The first kappa shape index (κ1) is 42.6. The van der Waals surface area contributed by atoms with Crippen molar-refractivity contribution in [1.82, 2.24) is 0 Å². The van der Waals surface area contributed by atoms with Gasteiger partial charge in [-0.2, -0.15) is 0 Å². The molecule has 0 aromatic rings. The van der Waals surface area contributed by atoms with E-state index >= 15 is 0 Å². The van der Waals surface area contributed by atoms with Crippen LogP contribution in [0.15, 0.2) is 0 Å². The number of aliphatic hydroxyl groups is 9. The molecule has 14 nitrogen and oxygen atoms in total. The van der Waals surface area contributed by atoms with E-state index in [2.05, 4.69) is 41.5 Å². The van der Waals surface area contributed by atoms with Crippen LogP contribution in [0.5, 0.6) is 0 Å². The number of rotatable bonds is 7. The van der Waals surface area contributed by atoms with Crippen LogP contribution in [0.4, 0.5) is 0 Å². The lowest BCUT2D eigenvalue weighted by Gasteiger charge is -2.72. The summed E-state index contributed by atoms with van der Waals surface area (Å²) in [6, 6.07) is 0. The molecule has 3 aliphatic heterocycles. The quantitative estimate of drug-likeness (QED) is 0.164. The van der Waals surface area contributed by atoms with Gasteiger partial charge in [0.1, 0.15) is 42.7 Å². The first-order valence-electron chi connectivity index (χ1n) is 20.8. The second kappa shape index (κ2) is 14.3. The Balaban J connectivity index is 1.25. The molecule has 0 aromatic heterocycles. The van der Waals surface area contributed by atoms with Gasteiger partial charge >= 0.3 is 0 Å². The molecular formula is C41H70O14. The van der Waals surface area contributed by atoms with E-state index < -0.39 is 108 Å². The predicted molar refractivity (Wildman–Crippen MR) is 196 cm³/mol. The Labute approximate surface area is 325 Å². The summed E-state index contributed by atoms with van der Waals surface area (Å²) in [6.07, 6.45) is -9.89. The molecule has 0 radical (unpaired) electrons. The number of hydrogen-bond acceptors (Lipinski definition) is 14. The van der Waals surface area contributed by atoms with Crippen LogP contribution in [0.25, 0.3) is 0 Å². The van der Waals surface area contributed by atoms with E-state index in [1.165, 1.54) is 0 Å². The van der Waals surface area contributed by atoms with Crippen LogP contribution in [-0.2, 0) is 23.7 Å². The zero-order chi connectivity index (χ0) is 40.4. The van der Waals surface area contributed by atoms with E-state index in [1.807, 2.05) is 0 Å². The van der Waals surface area contributed by atoms with E-state index in [9.17, 15) is 46.0 Å². The Bertz CT molecular complexity index is 1390. The minimum atomic E-state index is -1.68. The molecule has 4 aliphatic carbocycles. The fraction of sp³-hybridized carbons (Fsp3) is 1.00. The van der Waals surface area contributed by atoms with Gasteiger partial charge in [-0.05, 0) is 117 Å². The van der Waals surface area contributed by atoms with Gasteiger partial charge < -0.3 is 69.6 Å². The molecule has 9 N–H and O–H groups in total. The Morgan fingerprint density at radius 3 is 2.07 bits per heavy atom. The van der Waals surface area contributed by atoms with Crippen molar-refractivity contribution < 1.29 is 69.6 Å². The van der Waals surface area contributed by atoms with E-state index in [0.717, 1.165) is 25.7 Å². The van der Waals surface area contributed by atoms with Gasteiger partial charge in [0.25, 0.3) is 0 Å². The molecule has 7 rings (SSSR count). The molecule has 3 heterocycles. The van der Waals surface area contributed by atoms with Crippen molar-refractivity contribution in [2.24, 2.45) is 45.3 Å². The first-order chi connectivity index (χ1) is 25.4. The molecule has 0 aromatic carbocycles. The molecule has 0 bridgehead atoms.